The molecule has 0 saturated heterocycles. The number of aryl methyl sites for hydroxylation is 1. The number of carbonyl (C=O) groups is 1. The molecule has 0 fully saturated rings. The first-order valence-corrected chi connectivity index (χ1v) is 7.50. The summed E-state index contributed by atoms with van der Waals surface area (Å²) in [5.41, 5.74) is 2.42. The number of aromatic nitrogens is 1. The number of hydrogen-bond acceptors (Lipinski definition) is 3. The third kappa shape index (κ3) is 4.40. The molecule has 2 aromatic rings. The number of nitrogens with zero attached hydrogens (tertiary/aromatic N) is 1. The lowest BCUT2D eigenvalue weighted by Crippen LogP contribution is -2.30. The zero-order chi connectivity index (χ0) is 15.9. The van der Waals surface area contributed by atoms with Crippen LogP contribution in [0.1, 0.15) is 40.9 Å². The summed E-state index contributed by atoms with van der Waals surface area (Å²) in [5.74, 6) is -0.0424. The Morgan fingerprint density at radius 2 is 1.95 bits per heavy atom. The monoisotopic (exact) mass is 298 g/mol. The molecule has 2 N–H and O–H groups in total. The smallest absolute Gasteiger partial charge is 0.253 e. The van der Waals surface area contributed by atoms with Crippen LogP contribution in [0.15, 0.2) is 48.7 Å². The Bertz CT molecular complexity index is 611. The number of nitrogens with one attached hydrogen (secondary N) is 1. The molecule has 0 aliphatic heterocycles. The molecule has 0 saturated carbocycles. The Balaban J connectivity index is 2.05. The summed E-state index contributed by atoms with van der Waals surface area (Å²) < 4.78 is 0. The van der Waals surface area contributed by atoms with Gasteiger partial charge in [0.2, 0.25) is 0 Å². The molecular weight excluding hydrogens is 276 g/mol. The summed E-state index contributed by atoms with van der Waals surface area (Å²) in [6, 6.07) is 13.5. The van der Waals surface area contributed by atoms with Gasteiger partial charge in [-0.15, -0.1) is 0 Å². The van der Waals surface area contributed by atoms with Crippen molar-refractivity contribution < 1.29 is 9.90 Å². The lowest BCUT2D eigenvalue weighted by molar-refractivity contribution is 0.0944. The summed E-state index contributed by atoms with van der Waals surface area (Å²) >= 11 is 0. The van der Waals surface area contributed by atoms with Crippen LogP contribution in [-0.2, 0) is 0 Å². The van der Waals surface area contributed by atoms with Crippen molar-refractivity contribution in [3.8, 4) is 0 Å². The topological polar surface area (TPSA) is 62.2 Å². The first kappa shape index (κ1) is 16.2. The molecule has 0 spiro atoms. The molecule has 22 heavy (non-hydrogen) atoms. The molecule has 4 heteroatoms. The van der Waals surface area contributed by atoms with Crippen molar-refractivity contribution in [1.82, 2.24) is 10.3 Å². The van der Waals surface area contributed by atoms with Gasteiger partial charge in [0.1, 0.15) is 0 Å². The predicted molar refractivity (Wildman–Crippen MR) is 86.8 cm³/mol. The summed E-state index contributed by atoms with van der Waals surface area (Å²) in [7, 11) is 0. The quantitative estimate of drug-likeness (QED) is 0.862. The van der Waals surface area contributed by atoms with Crippen LogP contribution >= 0.6 is 0 Å². The predicted octanol–water partition coefficient (Wildman–Crippen LogP) is 2.67. The highest BCUT2D eigenvalue weighted by atomic mass is 16.3. The second-order valence-electron chi connectivity index (χ2n) is 5.54. The Morgan fingerprint density at radius 3 is 2.59 bits per heavy atom. The molecule has 1 aromatic carbocycles. The molecule has 0 aliphatic rings. The van der Waals surface area contributed by atoms with Gasteiger partial charge in [-0.3, -0.25) is 9.78 Å². The van der Waals surface area contributed by atoms with Gasteiger partial charge < -0.3 is 10.4 Å². The van der Waals surface area contributed by atoms with E-state index in [4.69, 9.17) is 0 Å². The SMILES string of the molecule is Cc1ncccc1C(=O)NCC(CC(C)O)c1ccccc1. The molecule has 1 heterocycles. The Kier molecular flexibility index (Phi) is 5.67. The number of aliphatic hydroxyl groups is 1. The molecule has 2 rings (SSSR count). The minimum absolute atomic E-state index is 0.0853. The van der Waals surface area contributed by atoms with E-state index in [0.29, 0.717) is 24.2 Å². The lowest BCUT2D eigenvalue weighted by Gasteiger charge is -2.20. The molecule has 116 valence electrons. The summed E-state index contributed by atoms with van der Waals surface area (Å²) in [6.07, 6.45) is 1.87. The zero-order valence-corrected chi connectivity index (χ0v) is 13.0. The second-order valence-corrected chi connectivity index (χ2v) is 5.54. The average Bonchev–Trinajstić information content (AvgIpc) is 2.52. The molecule has 2 unspecified atom stereocenters. The normalized spacial score (nSPS) is 13.4. The third-order valence-electron chi connectivity index (χ3n) is 3.66. The van der Waals surface area contributed by atoms with Crippen LogP contribution in [-0.4, -0.2) is 28.6 Å². The Hall–Kier alpha value is -2.20. The first-order chi connectivity index (χ1) is 10.6. The van der Waals surface area contributed by atoms with Gasteiger partial charge in [-0.25, -0.2) is 0 Å². The fourth-order valence-corrected chi connectivity index (χ4v) is 2.51. The van der Waals surface area contributed by atoms with Crippen molar-refractivity contribution in [2.24, 2.45) is 0 Å². The van der Waals surface area contributed by atoms with Gasteiger partial charge in [-0.2, -0.15) is 0 Å². The van der Waals surface area contributed by atoms with E-state index in [2.05, 4.69) is 10.3 Å². The van der Waals surface area contributed by atoms with Gasteiger partial charge in [0.15, 0.2) is 0 Å². The van der Waals surface area contributed by atoms with Crippen molar-refractivity contribution in [1.29, 1.82) is 0 Å². The summed E-state index contributed by atoms with van der Waals surface area (Å²) in [6.45, 7) is 4.07. The highest BCUT2D eigenvalue weighted by Crippen LogP contribution is 2.20. The molecule has 0 aliphatic carbocycles. The van der Waals surface area contributed by atoms with E-state index >= 15 is 0 Å². The van der Waals surface area contributed by atoms with Crippen LogP contribution in [0.2, 0.25) is 0 Å². The van der Waals surface area contributed by atoms with Crippen molar-refractivity contribution in [2.75, 3.05) is 6.54 Å². The van der Waals surface area contributed by atoms with Gasteiger partial charge in [-0.05, 0) is 38.0 Å². The van der Waals surface area contributed by atoms with Crippen LogP contribution in [0.3, 0.4) is 0 Å². The second kappa shape index (κ2) is 7.71. The van der Waals surface area contributed by atoms with Gasteiger partial charge >= 0.3 is 0 Å². The highest BCUT2D eigenvalue weighted by Gasteiger charge is 2.16. The lowest BCUT2D eigenvalue weighted by atomic mass is 9.93. The number of carbonyl (C=O) groups excluding carboxylic acids is 1. The Morgan fingerprint density at radius 1 is 1.23 bits per heavy atom. The van der Waals surface area contributed by atoms with E-state index in [0.717, 1.165) is 5.56 Å². The van der Waals surface area contributed by atoms with E-state index < -0.39 is 6.10 Å². The fourth-order valence-electron chi connectivity index (χ4n) is 2.51. The standard InChI is InChI=1S/C18H22N2O2/c1-13(21)11-16(15-7-4-3-5-8-15)12-20-18(22)17-9-6-10-19-14(17)2/h3-10,13,16,21H,11-12H2,1-2H3,(H,20,22). The molecule has 2 atom stereocenters. The maximum Gasteiger partial charge on any atom is 0.253 e. The minimum Gasteiger partial charge on any atom is -0.393 e. The number of benzene rings is 1. The number of rotatable bonds is 6. The first-order valence-electron chi connectivity index (χ1n) is 7.50. The third-order valence-corrected chi connectivity index (χ3v) is 3.66. The van der Waals surface area contributed by atoms with Crippen molar-refractivity contribution in [2.45, 2.75) is 32.3 Å². The van der Waals surface area contributed by atoms with Crippen molar-refractivity contribution in [3.63, 3.8) is 0 Å². The maximum absolute atomic E-state index is 12.3. The largest absolute Gasteiger partial charge is 0.393 e. The minimum atomic E-state index is -0.415. The van der Waals surface area contributed by atoms with Gasteiger partial charge in [0.05, 0.1) is 11.7 Å². The molecular formula is C18H22N2O2. The highest BCUT2D eigenvalue weighted by molar-refractivity contribution is 5.95. The van der Waals surface area contributed by atoms with Gasteiger partial charge in [0, 0.05) is 24.4 Å². The average molecular weight is 298 g/mol. The molecule has 1 amide bonds. The van der Waals surface area contributed by atoms with Gasteiger partial charge in [0.25, 0.3) is 5.91 Å². The van der Waals surface area contributed by atoms with Crippen molar-refractivity contribution in [3.05, 3.63) is 65.5 Å². The Labute approximate surface area is 131 Å². The van der Waals surface area contributed by atoms with Crippen LogP contribution in [0.25, 0.3) is 0 Å². The van der Waals surface area contributed by atoms with E-state index in [1.807, 2.05) is 37.3 Å². The van der Waals surface area contributed by atoms with Crippen molar-refractivity contribution >= 4 is 5.91 Å². The summed E-state index contributed by atoms with van der Waals surface area (Å²) in [4.78, 5) is 16.4. The number of aliphatic hydroxyl groups excluding tert-OH is 1. The molecule has 4 nitrogen and oxygen atoms in total. The summed E-state index contributed by atoms with van der Waals surface area (Å²) in [5, 5.41) is 12.6. The number of pyridine rings is 1. The molecule has 0 radical (unpaired) electrons. The molecule has 1 aromatic heterocycles. The van der Waals surface area contributed by atoms with Crippen LogP contribution in [0.5, 0.6) is 0 Å². The number of hydrogen-bond donors (Lipinski definition) is 2. The van der Waals surface area contributed by atoms with E-state index in [1.54, 1.807) is 25.3 Å². The zero-order valence-electron chi connectivity index (χ0n) is 13.0. The van der Waals surface area contributed by atoms with Crippen LogP contribution in [0, 0.1) is 6.92 Å². The van der Waals surface area contributed by atoms with E-state index in [-0.39, 0.29) is 11.8 Å². The van der Waals surface area contributed by atoms with Crippen LogP contribution < -0.4 is 5.32 Å². The van der Waals surface area contributed by atoms with Crippen LogP contribution in [0.4, 0.5) is 0 Å². The van der Waals surface area contributed by atoms with E-state index in [9.17, 15) is 9.90 Å². The molecule has 0 bridgehead atoms. The number of amides is 1. The van der Waals surface area contributed by atoms with E-state index in [1.165, 1.54) is 0 Å². The fraction of sp³-hybridized carbons (Fsp3) is 0.333. The maximum atomic E-state index is 12.3. The van der Waals surface area contributed by atoms with Gasteiger partial charge in [-0.1, -0.05) is 30.3 Å².